The van der Waals surface area contributed by atoms with Crippen molar-refractivity contribution in [2.75, 3.05) is 0 Å². The Kier molecular flexibility index (Phi) is 4.40. The van der Waals surface area contributed by atoms with Crippen LogP contribution in [0, 0.1) is 17.3 Å². The molecule has 3 rings (SSSR count). The molecule has 0 aromatic carbocycles. The third-order valence-corrected chi connectivity index (χ3v) is 5.96. The molecule has 1 saturated heterocycles. The van der Waals surface area contributed by atoms with Crippen molar-refractivity contribution in [1.29, 1.82) is 0 Å². The smallest absolute Gasteiger partial charge is 0.334 e. The van der Waals surface area contributed by atoms with Gasteiger partial charge in [0, 0.05) is 23.0 Å². The lowest BCUT2D eigenvalue weighted by Crippen LogP contribution is -2.58. The minimum absolute atomic E-state index is 0.224. The third kappa shape index (κ3) is 2.84. The lowest BCUT2D eigenvalue weighted by atomic mass is 9.53. The summed E-state index contributed by atoms with van der Waals surface area (Å²) >= 11 is 0. The van der Waals surface area contributed by atoms with Crippen molar-refractivity contribution in [2.45, 2.75) is 58.3 Å². The molecule has 2 saturated carbocycles. The third-order valence-electron chi connectivity index (χ3n) is 5.96. The van der Waals surface area contributed by atoms with Crippen molar-refractivity contribution in [3.63, 3.8) is 0 Å². The molecule has 0 aromatic rings. The van der Waals surface area contributed by atoms with E-state index < -0.39 is 35.7 Å². The van der Waals surface area contributed by atoms with E-state index in [0.29, 0.717) is 24.8 Å². The van der Waals surface area contributed by atoms with E-state index in [0.717, 1.165) is 11.1 Å². The first kappa shape index (κ1) is 17.9. The summed E-state index contributed by atoms with van der Waals surface area (Å²) in [6.07, 6.45) is 1.66. The number of hydrogen-bond donors (Lipinski definition) is 1. The molecule has 0 amide bonds. The molecule has 0 spiro atoms. The Labute approximate surface area is 148 Å². The predicted molar refractivity (Wildman–Crippen MR) is 92.4 cm³/mol. The molecule has 6 atom stereocenters. The first-order valence-corrected chi connectivity index (χ1v) is 8.76. The molecule has 2 aliphatic carbocycles. The van der Waals surface area contributed by atoms with Crippen LogP contribution in [0.3, 0.4) is 0 Å². The van der Waals surface area contributed by atoms with Gasteiger partial charge in [0.2, 0.25) is 0 Å². The van der Waals surface area contributed by atoms with Gasteiger partial charge in [-0.25, -0.2) is 9.59 Å². The minimum atomic E-state index is -0.603. The number of rotatable bonds is 2. The van der Waals surface area contributed by atoms with Crippen LogP contribution in [-0.4, -0.2) is 35.4 Å². The molecule has 136 valence electrons. The number of hydrogen-bond acceptors (Lipinski definition) is 5. The van der Waals surface area contributed by atoms with Crippen LogP contribution in [-0.2, 0) is 19.1 Å². The van der Waals surface area contributed by atoms with Crippen molar-refractivity contribution in [1.82, 2.24) is 0 Å². The van der Waals surface area contributed by atoms with Crippen molar-refractivity contribution in [3.8, 4) is 0 Å². The topological polar surface area (TPSA) is 72.8 Å². The van der Waals surface area contributed by atoms with E-state index >= 15 is 0 Å². The molecule has 1 heterocycles. The number of fused-ring (bicyclic) bond motifs is 2. The minimum Gasteiger partial charge on any atom is -0.458 e. The number of carbonyl (C=O) groups is 2. The van der Waals surface area contributed by atoms with Crippen LogP contribution in [0.5, 0.6) is 0 Å². The largest absolute Gasteiger partial charge is 0.458 e. The molecule has 5 heteroatoms. The maximum absolute atomic E-state index is 12.3. The summed E-state index contributed by atoms with van der Waals surface area (Å²) in [7, 11) is 0. The van der Waals surface area contributed by atoms with Gasteiger partial charge in [0.15, 0.2) is 0 Å². The fourth-order valence-corrected chi connectivity index (χ4v) is 4.76. The highest BCUT2D eigenvalue weighted by molar-refractivity contribution is 5.91. The van der Waals surface area contributed by atoms with Gasteiger partial charge < -0.3 is 14.6 Å². The van der Waals surface area contributed by atoms with Gasteiger partial charge in [-0.1, -0.05) is 31.2 Å². The summed E-state index contributed by atoms with van der Waals surface area (Å²) in [5.41, 5.74) is 1.58. The van der Waals surface area contributed by atoms with E-state index in [9.17, 15) is 14.7 Å². The highest BCUT2D eigenvalue weighted by Gasteiger charge is 2.62. The summed E-state index contributed by atoms with van der Waals surface area (Å²) in [4.78, 5) is 24.4. The molecule has 1 N–H and O–H groups in total. The molecular formula is C20H26O5. The van der Waals surface area contributed by atoms with Crippen molar-refractivity contribution in [3.05, 3.63) is 36.0 Å². The van der Waals surface area contributed by atoms with Gasteiger partial charge in [-0.3, -0.25) is 0 Å². The van der Waals surface area contributed by atoms with Gasteiger partial charge in [0.25, 0.3) is 0 Å². The fraction of sp³-hybridized carbons (Fsp3) is 0.600. The Hall–Kier alpha value is -1.88. The van der Waals surface area contributed by atoms with Crippen molar-refractivity contribution in [2.24, 2.45) is 17.3 Å². The van der Waals surface area contributed by atoms with Gasteiger partial charge in [-0.05, 0) is 33.1 Å². The summed E-state index contributed by atoms with van der Waals surface area (Å²) in [6, 6.07) is 0. The SMILES string of the molecule is C=C1C(=O)O[C@H]2C[C@@]3(C)[C@H](O)CCC(=C)[C@@H]3[C@@H](OC(=O)C=C(C)C)[C@H]12. The van der Waals surface area contributed by atoms with Crippen LogP contribution >= 0.6 is 0 Å². The number of carbonyl (C=O) groups excluding carboxylic acids is 2. The van der Waals surface area contributed by atoms with Crippen LogP contribution in [0.4, 0.5) is 0 Å². The molecule has 3 aliphatic rings. The molecule has 25 heavy (non-hydrogen) atoms. The van der Waals surface area contributed by atoms with Crippen LogP contribution < -0.4 is 0 Å². The number of esters is 2. The maximum Gasteiger partial charge on any atom is 0.334 e. The summed E-state index contributed by atoms with van der Waals surface area (Å²) in [5, 5.41) is 10.7. The summed E-state index contributed by atoms with van der Waals surface area (Å²) < 4.78 is 11.3. The Bertz CT molecular complexity index is 672. The fourth-order valence-electron chi connectivity index (χ4n) is 4.76. The zero-order valence-electron chi connectivity index (χ0n) is 15.1. The maximum atomic E-state index is 12.3. The zero-order chi connectivity index (χ0) is 18.5. The van der Waals surface area contributed by atoms with E-state index in [-0.39, 0.29) is 11.8 Å². The number of aliphatic hydroxyl groups is 1. The highest BCUT2D eigenvalue weighted by Crippen LogP contribution is 2.57. The molecule has 0 bridgehead atoms. The summed E-state index contributed by atoms with van der Waals surface area (Å²) in [5.74, 6) is -1.51. The number of aliphatic hydroxyl groups excluding tert-OH is 1. The molecule has 0 aromatic heterocycles. The Balaban J connectivity index is 2.03. The molecule has 1 aliphatic heterocycles. The number of ether oxygens (including phenoxy) is 2. The van der Waals surface area contributed by atoms with Crippen LogP contribution in [0.15, 0.2) is 36.0 Å². The lowest BCUT2D eigenvalue weighted by molar-refractivity contribution is -0.176. The van der Waals surface area contributed by atoms with Gasteiger partial charge >= 0.3 is 11.9 Å². The normalized spacial score (nSPS) is 40.0. The van der Waals surface area contributed by atoms with Gasteiger partial charge in [-0.15, -0.1) is 0 Å². The molecule has 0 radical (unpaired) electrons. The van der Waals surface area contributed by atoms with E-state index in [1.54, 1.807) is 0 Å². The second-order valence-corrected chi connectivity index (χ2v) is 8.02. The Morgan fingerprint density at radius 2 is 2.08 bits per heavy atom. The quantitative estimate of drug-likeness (QED) is 0.473. The first-order chi connectivity index (χ1) is 11.6. The predicted octanol–water partition coefficient (Wildman–Crippen LogP) is 2.70. The van der Waals surface area contributed by atoms with E-state index in [2.05, 4.69) is 13.2 Å². The highest BCUT2D eigenvalue weighted by atomic mass is 16.6. The monoisotopic (exact) mass is 346 g/mol. The van der Waals surface area contributed by atoms with Crippen LogP contribution in [0.25, 0.3) is 0 Å². The van der Waals surface area contributed by atoms with E-state index in [1.165, 1.54) is 6.08 Å². The van der Waals surface area contributed by atoms with Gasteiger partial charge in [0.1, 0.15) is 12.2 Å². The molecule has 3 fully saturated rings. The second-order valence-electron chi connectivity index (χ2n) is 8.02. The molecule has 5 nitrogen and oxygen atoms in total. The Morgan fingerprint density at radius 3 is 2.72 bits per heavy atom. The molecule has 0 unspecified atom stereocenters. The lowest BCUT2D eigenvalue weighted by Gasteiger charge is -2.54. The second kappa shape index (κ2) is 6.13. The van der Waals surface area contributed by atoms with Crippen molar-refractivity contribution < 1.29 is 24.2 Å². The van der Waals surface area contributed by atoms with Gasteiger partial charge in [-0.2, -0.15) is 0 Å². The zero-order valence-corrected chi connectivity index (χ0v) is 15.1. The summed E-state index contributed by atoms with van der Waals surface area (Å²) in [6.45, 7) is 13.7. The Morgan fingerprint density at radius 1 is 1.40 bits per heavy atom. The van der Waals surface area contributed by atoms with Crippen molar-refractivity contribution >= 4 is 11.9 Å². The van der Waals surface area contributed by atoms with E-state index in [4.69, 9.17) is 9.47 Å². The van der Waals surface area contributed by atoms with Crippen LogP contribution in [0.2, 0.25) is 0 Å². The van der Waals surface area contributed by atoms with Crippen LogP contribution in [0.1, 0.15) is 40.0 Å². The molecular weight excluding hydrogens is 320 g/mol. The first-order valence-electron chi connectivity index (χ1n) is 8.76. The van der Waals surface area contributed by atoms with E-state index in [1.807, 2.05) is 20.8 Å². The standard InChI is InChI=1S/C20H26O5/c1-10(2)8-15(22)25-18-16-12(4)19(23)24-13(16)9-20(5)14(21)7-6-11(3)17(18)20/h8,13-14,16-18,21H,3-4,6-7,9H2,1-2,5H3/t13-,14+,16+,17+,18-,20-/m0/s1. The average Bonchev–Trinajstić information content (AvgIpc) is 2.76. The number of allylic oxidation sites excluding steroid dienone is 1. The van der Waals surface area contributed by atoms with Gasteiger partial charge in [0.05, 0.1) is 12.0 Å². The average molecular weight is 346 g/mol.